The maximum atomic E-state index is 5.15. The van der Waals surface area contributed by atoms with Crippen LogP contribution in [-0.4, -0.2) is 34.1 Å². The molecule has 0 fully saturated rings. The number of hydrogen-bond donors (Lipinski definition) is 1. The molecule has 0 saturated carbocycles. The van der Waals surface area contributed by atoms with Crippen LogP contribution in [0.1, 0.15) is 35.8 Å². The molecule has 0 aliphatic heterocycles. The van der Waals surface area contributed by atoms with Gasteiger partial charge in [0.1, 0.15) is 5.82 Å². The second kappa shape index (κ2) is 5.40. The highest BCUT2D eigenvalue weighted by molar-refractivity contribution is 5.33. The molecule has 0 saturated heterocycles. The number of ether oxygens (including phenoxy) is 1. The summed E-state index contributed by atoms with van der Waals surface area (Å²) in [5.41, 5.74) is 2.36. The predicted molar refractivity (Wildman–Crippen MR) is 74.9 cm³/mol. The maximum absolute atomic E-state index is 5.15. The fourth-order valence-corrected chi connectivity index (χ4v) is 2.59. The highest BCUT2D eigenvalue weighted by Gasteiger charge is 2.26. The first kappa shape index (κ1) is 12.8. The summed E-state index contributed by atoms with van der Waals surface area (Å²) in [5.74, 6) is 1.36. The van der Waals surface area contributed by atoms with Crippen molar-refractivity contribution in [3.8, 4) is 6.01 Å². The fourth-order valence-electron chi connectivity index (χ4n) is 2.59. The van der Waals surface area contributed by atoms with Gasteiger partial charge in [0, 0.05) is 13.2 Å². The SMILES string of the molecule is CNc1nc(OC)nc(C2CCCc3cccnc32)n1. The van der Waals surface area contributed by atoms with Crippen molar-refractivity contribution in [2.45, 2.75) is 25.2 Å². The Labute approximate surface area is 117 Å². The third-order valence-corrected chi connectivity index (χ3v) is 3.55. The second-order valence-electron chi connectivity index (χ2n) is 4.75. The predicted octanol–water partition coefficient (Wildman–Crippen LogP) is 1.79. The van der Waals surface area contributed by atoms with E-state index in [0.29, 0.717) is 12.0 Å². The molecule has 20 heavy (non-hydrogen) atoms. The van der Waals surface area contributed by atoms with Crippen LogP contribution < -0.4 is 10.1 Å². The van der Waals surface area contributed by atoms with E-state index >= 15 is 0 Å². The Balaban J connectivity index is 2.05. The molecule has 1 aliphatic rings. The lowest BCUT2D eigenvalue weighted by atomic mass is 9.86. The third kappa shape index (κ3) is 2.29. The zero-order chi connectivity index (χ0) is 13.9. The number of pyridine rings is 1. The number of fused-ring (bicyclic) bond motifs is 1. The number of aryl methyl sites for hydroxylation is 1. The Hall–Kier alpha value is -2.24. The van der Waals surface area contributed by atoms with Crippen LogP contribution >= 0.6 is 0 Å². The topological polar surface area (TPSA) is 72.8 Å². The Bertz CT molecular complexity index is 594. The standard InChI is InChI=1S/C14H17N5O/c1-15-13-17-12(18-14(19-13)20-2)10-7-3-5-9-6-4-8-16-11(9)10/h4,6,8,10H,3,5,7H2,1-2H3,(H,15,17,18,19). The van der Waals surface area contributed by atoms with E-state index < -0.39 is 0 Å². The summed E-state index contributed by atoms with van der Waals surface area (Å²) in [6, 6.07) is 4.45. The van der Waals surface area contributed by atoms with Gasteiger partial charge in [-0.3, -0.25) is 4.98 Å². The molecule has 2 aromatic heterocycles. The molecule has 2 heterocycles. The van der Waals surface area contributed by atoms with E-state index in [9.17, 15) is 0 Å². The quantitative estimate of drug-likeness (QED) is 0.917. The van der Waals surface area contributed by atoms with Crippen LogP contribution in [0.5, 0.6) is 6.01 Å². The Morgan fingerprint density at radius 3 is 3.00 bits per heavy atom. The Kier molecular flexibility index (Phi) is 3.45. The van der Waals surface area contributed by atoms with E-state index in [1.54, 1.807) is 14.2 Å². The lowest BCUT2D eigenvalue weighted by molar-refractivity contribution is 0.374. The molecule has 2 aromatic rings. The van der Waals surface area contributed by atoms with Crippen LogP contribution in [0.25, 0.3) is 0 Å². The molecule has 1 atom stereocenters. The van der Waals surface area contributed by atoms with Crippen LogP contribution in [-0.2, 0) is 6.42 Å². The highest BCUT2D eigenvalue weighted by atomic mass is 16.5. The van der Waals surface area contributed by atoms with Gasteiger partial charge in [0.05, 0.1) is 18.7 Å². The Morgan fingerprint density at radius 1 is 1.30 bits per heavy atom. The van der Waals surface area contributed by atoms with Gasteiger partial charge < -0.3 is 10.1 Å². The van der Waals surface area contributed by atoms with Crippen LogP contribution in [0.4, 0.5) is 5.95 Å². The maximum Gasteiger partial charge on any atom is 0.321 e. The molecule has 0 bridgehead atoms. The normalized spacial score (nSPS) is 17.4. The largest absolute Gasteiger partial charge is 0.467 e. The lowest BCUT2D eigenvalue weighted by Gasteiger charge is -2.23. The smallest absolute Gasteiger partial charge is 0.321 e. The number of hydrogen-bond acceptors (Lipinski definition) is 6. The molecule has 0 radical (unpaired) electrons. The van der Waals surface area contributed by atoms with Gasteiger partial charge in [-0.2, -0.15) is 15.0 Å². The van der Waals surface area contributed by atoms with Crippen molar-refractivity contribution < 1.29 is 4.74 Å². The van der Waals surface area contributed by atoms with Gasteiger partial charge in [0.25, 0.3) is 0 Å². The van der Waals surface area contributed by atoms with Crippen molar-refractivity contribution in [1.82, 2.24) is 19.9 Å². The second-order valence-corrected chi connectivity index (χ2v) is 4.75. The molecule has 1 aliphatic carbocycles. The molecular weight excluding hydrogens is 254 g/mol. The summed E-state index contributed by atoms with van der Waals surface area (Å²) in [5, 5.41) is 2.94. The van der Waals surface area contributed by atoms with Crippen LogP contribution in [0.3, 0.4) is 0 Å². The van der Waals surface area contributed by atoms with Gasteiger partial charge >= 0.3 is 6.01 Å². The van der Waals surface area contributed by atoms with Crippen LogP contribution in [0.15, 0.2) is 18.3 Å². The summed E-state index contributed by atoms with van der Waals surface area (Å²) in [4.78, 5) is 17.5. The molecule has 1 unspecified atom stereocenters. The summed E-state index contributed by atoms with van der Waals surface area (Å²) in [7, 11) is 3.34. The first-order chi connectivity index (χ1) is 9.81. The van der Waals surface area contributed by atoms with E-state index in [0.717, 1.165) is 30.8 Å². The van der Waals surface area contributed by atoms with Crippen molar-refractivity contribution in [3.63, 3.8) is 0 Å². The molecule has 6 heteroatoms. The molecule has 1 N–H and O–H groups in total. The van der Waals surface area contributed by atoms with E-state index in [2.05, 4.69) is 31.3 Å². The minimum atomic E-state index is 0.115. The third-order valence-electron chi connectivity index (χ3n) is 3.55. The van der Waals surface area contributed by atoms with E-state index in [-0.39, 0.29) is 5.92 Å². The molecule has 0 amide bonds. The number of aromatic nitrogens is 4. The van der Waals surface area contributed by atoms with Crippen molar-refractivity contribution in [2.75, 3.05) is 19.5 Å². The van der Waals surface area contributed by atoms with Gasteiger partial charge in [-0.15, -0.1) is 0 Å². The van der Waals surface area contributed by atoms with Crippen molar-refractivity contribution >= 4 is 5.95 Å². The van der Waals surface area contributed by atoms with Crippen molar-refractivity contribution in [1.29, 1.82) is 0 Å². The molecule has 3 rings (SSSR count). The minimum Gasteiger partial charge on any atom is -0.467 e. The number of nitrogens with zero attached hydrogens (tertiary/aromatic N) is 4. The Morgan fingerprint density at radius 2 is 2.20 bits per heavy atom. The van der Waals surface area contributed by atoms with Crippen molar-refractivity contribution in [2.24, 2.45) is 0 Å². The average Bonchev–Trinajstić information content (AvgIpc) is 2.53. The first-order valence-corrected chi connectivity index (χ1v) is 6.73. The molecule has 104 valence electrons. The van der Waals surface area contributed by atoms with E-state index in [4.69, 9.17) is 4.74 Å². The molecular formula is C14H17N5O. The van der Waals surface area contributed by atoms with Gasteiger partial charge in [0.15, 0.2) is 0 Å². The van der Waals surface area contributed by atoms with E-state index in [1.807, 2.05) is 12.3 Å². The van der Waals surface area contributed by atoms with E-state index in [1.165, 1.54) is 5.56 Å². The number of rotatable bonds is 3. The molecule has 0 spiro atoms. The summed E-state index contributed by atoms with van der Waals surface area (Å²) < 4.78 is 5.15. The first-order valence-electron chi connectivity index (χ1n) is 6.73. The molecule has 6 nitrogen and oxygen atoms in total. The average molecular weight is 271 g/mol. The monoisotopic (exact) mass is 271 g/mol. The lowest BCUT2D eigenvalue weighted by Crippen LogP contribution is -2.17. The van der Waals surface area contributed by atoms with Gasteiger partial charge in [-0.25, -0.2) is 0 Å². The fraction of sp³-hybridized carbons (Fsp3) is 0.429. The van der Waals surface area contributed by atoms with Gasteiger partial charge in [-0.05, 0) is 30.9 Å². The highest BCUT2D eigenvalue weighted by Crippen LogP contribution is 2.34. The summed E-state index contributed by atoms with van der Waals surface area (Å²) >= 11 is 0. The minimum absolute atomic E-state index is 0.115. The zero-order valence-electron chi connectivity index (χ0n) is 11.6. The van der Waals surface area contributed by atoms with Crippen molar-refractivity contribution in [3.05, 3.63) is 35.4 Å². The van der Waals surface area contributed by atoms with Crippen LogP contribution in [0, 0.1) is 0 Å². The number of methoxy groups -OCH3 is 1. The summed E-state index contributed by atoms with van der Waals surface area (Å²) in [6.45, 7) is 0. The molecule has 0 aromatic carbocycles. The van der Waals surface area contributed by atoms with Gasteiger partial charge in [-0.1, -0.05) is 6.07 Å². The number of anilines is 1. The van der Waals surface area contributed by atoms with Crippen LogP contribution in [0.2, 0.25) is 0 Å². The van der Waals surface area contributed by atoms with Gasteiger partial charge in [0.2, 0.25) is 5.95 Å². The zero-order valence-corrected chi connectivity index (χ0v) is 11.6. The number of nitrogens with one attached hydrogen (secondary N) is 1. The summed E-state index contributed by atoms with van der Waals surface area (Å²) in [6.07, 6.45) is 5.02.